The fourth-order valence-electron chi connectivity index (χ4n) is 2.73. The second-order valence-corrected chi connectivity index (χ2v) is 7.62. The van der Waals surface area contributed by atoms with Crippen LogP contribution in [0.4, 0.5) is 5.69 Å². The molecule has 0 radical (unpaired) electrons. The Morgan fingerprint density at radius 2 is 2.04 bits per heavy atom. The van der Waals surface area contributed by atoms with Gasteiger partial charge in [-0.05, 0) is 56.7 Å². The number of carbonyl (C=O) groups is 1. The van der Waals surface area contributed by atoms with E-state index < -0.39 is 0 Å². The van der Waals surface area contributed by atoms with Crippen LogP contribution < -0.4 is 9.64 Å². The molecular weight excluding hydrogens is 370 g/mol. The van der Waals surface area contributed by atoms with Crippen molar-refractivity contribution < 1.29 is 9.53 Å². The Balaban J connectivity index is 1.62. The highest BCUT2D eigenvalue weighted by Crippen LogP contribution is 2.18. The maximum absolute atomic E-state index is 12.7. The van der Waals surface area contributed by atoms with Crippen LogP contribution in [0.2, 0.25) is 0 Å². The summed E-state index contributed by atoms with van der Waals surface area (Å²) in [5.74, 6) is 0.690. The van der Waals surface area contributed by atoms with Crippen LogP contribution >= 0.6 is 11.3 Å². The Labute approximate surface area is 169 Å². The first-order chi connectivity index (χ1) is 13.5. The van der Waals surface area contributed by atoms with Gasteiger partial charge in [0.2, 0.25) is 0 Å². The van der Waals surface area contributed by atoms with Gasteiger partial charge in [0.15, 0.2) is 0 Å². The van der Waals surface area contributed by atoms with Crippen molar-refractivity contribution in [3.05, 3.63) is 76.5 Å². The van der Waals surface area contributed by atoms with E-state index in [4.69, 9.17) is 4.74 Å². The van der Waals surface area contributed by atoms with Crippen LogP contribution in [-0.2, 0) is 11.4 Å². The SMILES string of the molecule is Cc1nc(COc2ccc(/C=C/C(=O)N(c3cccnc3)C(C)C)cc2)cs1. The summed E-state index contributed by atoms with van der Waals surface area (Å²) in [5, 5.41) is 3.03. The first-order valence-electron chi connectivity index (χ1n) is 9.08. The van der Waals surface area contributed by atoms with Crippen LogP contribution in [0.1, 0.15) is 30.1 Å². The third-order valence-electron chi connectivity index (χ3n) is 4.03. The third-order valence-corrected chi connectivity index (χ3v) is 4.85. The second-order valence-electron chi connectivity index (χ2n) is 6.56. The summed E-state index contributed by atoms with van der Waals surface area (Å²) >= 11 is 1.61. The number of aromatic nitrogens is 2. The minimum Gasteiger partial charge on any atom is -0.487 e. The molecule has 0 aliphatic heterocycles. The fraction of sp³-hybridized carbons (Fsp3) is 0.227. The van der Waals surface area contributed by atoms with Crippen LogP contribution in [0.25, 0.3) is 6.08 Å². The smallest absolute Gasteiger partial charge is 0.251 e. The summed E-state index contributed by atoms with van der Waals surface area (Å²) in [7, 11) is 0. The van der Waals surface area contributed by atoms with Gasteiger partial charge in [0.05, 0.1) is 22.6 Å². The van der Waals surface area contributed by atoms with Gasteiger partial charge >= 0.3 is 0 Å². The molecule has 2 heterocycles. The number of rotatable bonds is 7. The summed E-state index contributed by atoms with van der Waals surface area (Å²) in [4.78, 5) is 22.9. The fourth-order valence-corrected chi connectivity index (χ4v) is 3.33. The van der Waals surface area contributed by atoms with Crippen molar-refractivity contribution in [2.24, 2.45) is 0 Å². The van der Waals surface area contributed by atoms with Gasteiger partial charge in [-0.3, -0.25) is 9.78 Å². The molecule has 3 rings (SSSR count). The molecule has 0 saturated heterocycles. The highest BCUT2D eigenvalue weighted by Gasteiger charge is 2.16. The number of thiazole rings is 1. The molecule has 0 saturated carbocycles. The molecule has 0 atom stereocenters. The summed E-state index contributed by atoms with van der Waals surface area (Å²) in [5.41, 5.74) is 2.65. The third kappa shape index (κ3) is 5.27. The molecule has 28 heavy (non-hydrogen) atoms. The van der Waals surface area contributed by atoms with E-state index in [0.29, 0.717) is 6.61 Å². The van der Waals surface area contributed by atoms with Gasteiger partial charge in [-0.2, -0.15) is 0 Å². The lowest BCUT2D eigenvalue weighted by molar-refractivity contribution is -0.114. The maximum atomic E-state index is 12.7. The Hall–Kier alpha value is -2.99. The van der Waals surface area contributed by atoms with Gasteiger partial charge in [0.25, 0.3) is 5.91 Å². The van der Waals surface area contributed by atoms with E-state index in [1.165, 1.54) is 0 Å². The standard InChI is InChI=1S/C22H23N3O2S/c1-16(2)25(20-5-4-12-23-13-20)22(26)11-8-18-6-9-21(10-7-18)27-14-19-15-28-17(3)24-19/h4-13,15-16H,14H2,1-3H3/b11-8+. The lowest BCUT2D eigenvalue weighted by atomic mass is 10.2. The quantitative estimate of drug-likeness (QED) is 0.537. The van der Waals surface area contributed by atoms with E-state index >= 15 is 0 Å². The molecule has 1 amide bonds. The molecular formula is C22H23N3O2S. The number of benzene rings is 1. The van der Waals surface area contributed by atoms with Gasteiger partial charge < -0.3 is 9.64 Å². The van der Waals surface area contributed by atoms with Gasteiger partial charge in [0.1, 0.15) is 12.4 Å². The highest BCUT2D eigenvalue weighted by molar-refractivity contribution is 7.09. The second kappa shape index (κ2) is 9.28. The lowest BCUT2D eigenvalue weighted by Gasteiger charge is -2.25. The van der Waals surface area contributed by atoms with Crippen molar-refractivity contribution in [1.82, 2.24) is 9.97 Å². The molecule has 0 bridgehead atoms. The molecule has 144 valence electrons. The molecule has 0 fully saturated rings. The van der Waals surface area contributed by atoms with Crippen molar-refractivity contribution in [1.29, 1.82) is 0 Å². The average molecular weight is 394 g/mol. The number of anilines is 1. The zero-order valence-electron chi connectivity index (χ0n) is 16.2. The number of nitrogens with zero attached hydrogens (tertiary/aromatic N) is 3. The van der Waals surface area contributed by atoms with E-state index in [1.54, 1.807) is 34.7 Å². The maximum Gasteiger partial charge on any atom is 0.251 e. The number of hydrogen-bond donors (Lipinski definition) is 0. The zero-order valence-corrected chi connectivity index (χ0v) is 17.0. The Kier molecular flexibility index (Phi) is 6.55. The first kappa shape index (κ1) is 19.8. The Bertz CT molecular complexity index is 934. The molecule has 0 aliphatic rings. The van der Waals surface area contributed by atoms with Crippen molar-refractivity contribution in [3.63, 3.8) is 0 Å². The van der Waals surface area contributed by atoms with E-state index in [1.807, 2.05) is 68.6 Å². The summed E-state index contributed by atoms with van der Waals surface area (Å²) in [6.45, 7) is 6.39. The number of amides is 1. The molecule has 0 unspecified atom stereocenters. The predicted octanol–water partition coefficient (Wildman–Crippen LogP) is 4.88. The number of carbonyl (C=O) groups excluding carboxylic acids is 1. The van der Waals surface area contributed by atoms with Crippen molar-refractivity contribution in [2.45, 2.75) is 33.4 Å². The molecule has 2 aromatic heterocycles. The number of hydrogen-bond acceptors (Lipinski definition) is 5. The van der Waals surface area contributed by atoms with E-state index in [9.17, 15) is 4.79 Å². The number of pyridine rings is 1. The number of ether oxygens (including phenoxy) is 1. The summed E-state index contributed by atoms with van der Waals surface area (Å²) in [6.07, 6.45) is 6.78. The Morgan fingerprint density at radius 1 is 1.25 bits per heavy atom. The summed E-state index contributed by atoms with van der Waals surface area (Å²) < 4.78 is 5.75. The van der Waals surface area contributed by atoms with E-state index in [0.717, 1.165) is 27.7 Å². The summed E-state index contributed by atoms with van der Waals surface area (Å²) in [6, 6.07) is 11.4. The molecule has 1 aromatic carbocycles. The minimum atomic E-state index is -0.0813. The largest absolute Gasteiger partial charge is 0.487 e. The van der Waals surface area contributed by atoms with Gasteiger partial charge in [-0.15, -0.1) is 11.3 Å². The highest BCUT2D eigenvalue weighted by atomic mass is 32.1. The molecule has 0 aliphatic carbocycles. The molecule has 0 N–H and O–H groups in total. The van der Waals surface area contributed by atoms with Crippen LogP contribution in [-0.4, -0.2) is 21.9 Å². The van der Waals surface area contributed by atoms with E-state index in [2.05, 4.69) is 9.97 Å². The molecule has 0 spiro atoms. The van der Waals surface area contributed by atoms with Gasteiger partial charge in [0, 0.05) is 23.7 Å². The van der Waals surface area contributed by atoms with Crippen molar-refractivity contribution in [3.8, 4) is 5.75 Å². The van der Waals surface area contributed by atoms with E-state index in [-0.39, 0.29) is 11.9 Å². The minimum absolute atomic E-state index is 0.0338. The van der Waals surface area contributed by atoms with Crippen LogP contribution in [0.15, 0.2) is 60.2 Å². The lowest BCUT2D eigenvalue weighted by Crippen LogP contribution is -2.35. The van der Waals surface area contributed by atoms with Crippen molar-refractivity contribution in [2.75, 3.05) is 4.90 Å². The van der Waals surface area contributed by atoms with Gasteiger partial charge in [-0.1, -0.05) is 12.1 Å². The van der Waals surface area contributed by atoms with Crippen LogP contribution in [0.5, 0.6) is 5.75 Å². The molecule has 3 aromatic rings. The first-order valence-corrected chi connectivity index (χ1v) is 9.96. The monoisotopic (exact) mass is 393 g/mol. The van der Waals surface area contributed by atoms with Gasteiger partial charge in [-0.25, -0.2) is 4.98 Å². The molecule has 5 nitrogen and oxygen atoms in total. The van der Waals surface area contributed by atoms with Crippen LogP contribution in [0, 0.1) is 6.92 Å². The van der Waals surface area contributed by atoms with Crippen LogP contribution in [0.3, 0.4) is 0 Å². The molecule has 6 heteroatoms. The normalized spacial score (nSPS) is 11.1. The predicted molar refractivity (Wildman–Crippen MR) is 114 cm³/mol. The van der Waals surface area contributed by atoms with Crippen molar-refractivity contribution >= 4 is 29.0 Å². The Morgan fingerprint density at radius 3 is 2.64 bits per heavy atom. The number of aryl methyl sites for hydroxylation is 1. The average Bonchev–Trinajstić information content (AvgIpc) is 3.11. The zero-order chi connectivity index (χ0) is 19.9. The topological polar surface area (TPSA) is 55.3 Å².